The highest BCUT2D eigenvalue weighted by Gasteiger charge is 2.37. The Balaban J connectivity index is 1.60. The third kappa shape index (κ3) is 4.62. The van der Waals surface area contributed by atoms with Crippen LogP contribution in [0, 0.1) is 12.7 Å². The van der Waals surface area contributed by atoms with Crippen molar-refractivity contribution in [3.05, 3.63) is 112 Å². The standard InChI is InChI=1S/C31H22F4N2O5S/c1-17-4-3-5-22(12-17)43(40,41)37-25-11-10-21(32)14-23(25)27-26-19(13-24(28(27)37)30(39)42-2)16-36(29(26)38)15-18-6-8-20(9-7-18)31(33,34)35/h3-14H,15-16H2,1-2H3. The molecular formula is C31H22F4N2O5S. The van der Waals surface area contributed by atoms with Crippen molar-refractivity contribution in [3.63, 3.8) is 0 Å². The Bertz CT molecular complexity index is 2080. The predicted molar refractivity (Wildman–Crippen MR) is 150 cm³/mol. The number of carbonyl (C=O) groups excluding carboxylic acids is 2. The van der Waals surface area contributed by atoms with Crippen molar-refractivity contribution in [1.82, 2.24) is 8.87 Å². The molecule has 1 aliphatic heterocycles. The number of fused-ring (bicyclic) bond motifs is 5. The molecule has 0 aliphatic carbocycles. The van der Waals surface area contributed by atoms with E-state index in [1.165, 1.54) is 41.3 Å². The highest BCUT2D eigenvalue weighted by Crippen LogP contribution is 2.42. The first kappa shape index (κ1) is 28.4. The molecule has 0 radical (unpaired) electrons. The van der Waals surface area contributed by atoms with Gasteiger partial charge in [0.25, 0.3) is 15.9 Å². The van der Waals surface area contributed by atoms with Crippen molar-refractivity contribution in [2.24, 2.45) is 0 Å². The molecule has 1 aliphatic rings. The molecule has 12 heteroatoms. The Morgan fingerprint density at radius 3 is 2.37 bits per heavy atom. The van der Waals surface area contributed by atoms with Crippen LogP contribution in [0.3, 0.4) is 0 Å². The van der Waals surface area contributed by atoms with Crippen LogP contribution in [0.25, 0.3) is 21.8 Å². The molecule has 0 N–H and O–H groups in total. The van der Waals surface area contributed by atoms with Gasteiger partial charge in [-0.1, -0.05) is 24.3 Å². The van der Waals surface area contributed by atoms with E-state index in [4.69, 9.17) is 4.74 Å². The van der Waals surface area contributed by atoms with Crippen LogP contribution in [-0.4, -0.2) is 36.3 Å². The Hall–Kier alpha value is -4.71. The Kier molecular flexibility index (Phi) is 6.57. The minimum atomic E-state index is -4.52. The minimum Gasteiger partial charge on any atom is -0.465 e. The molecule has 5 aromatic rings. The van der Waals surface area contributed by atoms with Crippen molar-refractivity contribution >= 4 is 43.7 Å². The van der Waals surface area contributed by atoms with Crippen molar-refractivity contribution < 1.29 is 40.3 Å². The van der Waals surface area contributed by atoms with E-state index in [9.17, 15) is 35.6 Å². The van der Waals surface area contributed by atoms with Gasteiger partial charge in [-0.05, 0) is 72.1 Å². The summed E-state index contributed by atoms with van der Waals surface area (Å²) in [6, 6.07) is 15.4. The number of hydrogen-bond acceptors (Lipinski definition) is 5. The molecule has 220 valence electrons. The summed E-state index contributed by atoms with van der Waals surface area (Å²) < 4.78 is 88.0. The van der Waals surface area contributed by atoms with Crippen LogP contribution in [0.1, 0.15) is 43.0 Å². The fourth-order valence-electron chi connectivity index (χ4n) is 5.56. The number of ether oxygens (including phenoxy) is 1. The van der Waals surface area contributed by atoms with Crippen molar-refractivity contribution in [3.8, 4) is 0 Å². The normalized spacial score (nSPS) is 13.6. The molecule has 0 spiro atoms. The lowest BCUT2D eigenvalue weighted by atomic mass is 9.98. The topological polar surface area (TPSA) is 85.7 Å². The van der Waals surface area contributed by atoms with Gasteiger partial charge in [0.15, 0.2) is 0 Å². The molecule has 1 amide bonds. The molecular weight excluding hydrogens is 588 g/mol. The van der Waals surface area contributed by atoms with E-state index in [-0.39, 0.29) is 50.9 Å². The van der Waals surface area contributed by atoms with Gasteiger partial charge in [0.1, 0.15) is 5.82 Å². The number of nitrogens with zero attached hydrogens (tertiary/aromatic N) is 2. The third-order valence-corrected chi connectivity index (χ3v) is 9.19. The Morgan fingerprint density at radius 2 is 1.72 bits per heavy atom. The van der Waals surface area contributed by atoms with Gasteiger partial charge in [-0.25, -0.2) is 21.6 Å². The summed E-state index contributed by atoms with van der Waals surface area (Å²) in [5.41, 5.74) is 0.451. The monoisotopic (exact) mass is 610 g/mol. The van der Waals surface area contributed by atoms with Crippen LogP contribution < -0.4 is 0 Å². The average molecular weight is 611 g/mol. The molecule has 2 heterocycles. The maximum atomic E-state index is 14.7. The maximum Gasteiger partial charge on any atom is 0.416 e. The first-order chi connectivity index (χ1) is 20.3. The number of carbonyl (C=O) groups is 2. The zero-order valence-electron chi connectivity index (χ0n) is 22.7. The number of benzene rings is 4. The SMILES string of the molecule is COC(=O)c1cc2c(c3c4cc(F)ccc4n(S(=O)(=O)c4cccc(C)c4)c13)C(=O)N(Cc1ccc(C(F)(F)F)cc1)C2. The largest absolute Gasteiger partial charge is 0.465 e. The predicted octanol–water partition coefficient (Wildman–Crippen LogP) is 6.44. The van der Waals surface area contributed by atoms with E-state index >= 15 is 0 Å². The molecule has 1 aromatic heterocycles. The van der Waals surface area contributed by atoms with Gasteiger partial charge in [0, 0.05) is 23.9 Å². The molecule has 0 saturated heterocycles. The van der Waals surface area contributed by atoms with Gasteiger partial charge in [-0.15, -0.1) is 0 Å². The van der Waals surface area contributed by atoms with Crippen molar-refractivity contribution in [1.29, 1.82) is 0 Å². The summed E-state index contributed by atoms with van der Waals surface area (Å²) in [7, 11) is -3.26. The molecule has 43 heavy (non-hydrogen) atoms. The third-order valence-electron chi connectivity index (χ3n) is 7.48. The number of amides is 1. The van der Waals surface area contributed by atoms with Crippen LogP contribution in [0.15, 0.2) is 77.7 Å². The molecule has 7 nitrogen and oxygen atoms in total. The zero-order valence-corrected chi connectivity index (χ0v) is 23.5. The molecule has 0 bridgehead atoms. The number of rotatable bonds is 5. The molecule has 4 aromatic carbocycles. The van der Waals surface area contributed by atoms with E-state index in [1.54, 1.807) is 19.1 Å². The maximum absolute atomic E-state index is 14.7. The average Bonchev–Trinajstić information content (AvgIpc) is 3.46. The fraction of sp³-hybridized carbons (Fsp3) is 0.161. The summed E-state index contributed by atoms with van der Waals surface area (Å²) in [4.78, 5) is 28.3. The number of halogens is 4. The zero-order chi connectivity index (χ0) is 30.8. The van der Waals surface area contributed by atoms with Crippen LogP contribution in [-0.2, 0) is 34.0 Å². The second kappa shape index (κ2) is 9.94. The first-order valence-electron chi connectivity index (χ1n) is 13.0. The second-order valence-corrected chi connectivity index (χ2v) is 12.1. The first-order valence-corrected chi connectivity index (χ1v) is 14.4. The summed E-state index contributed by atoms with van der Waals surface area (Å²) in [5, 5.41) is 0.154. The number of esters is 1. The van der Waals surface area contributed by atoms with Gasteiger partial charge in [-0.2, -0.15) is 13.2 Å². The number of aryl methyl sites for hydroxylation is 1. The summed E-state index contributed by atoms with van der Waals surface area (Å²) >= 11 is 0. The second-order valence-electron chi connectivity index (χ2n) is 10.3. The lowest BCUT2D eigenvalue weighted by molar-refractivity contribution is -0.137. The Labute approximate surface area is 242 Å². The number of hydrogen-bond donors (Lipinski definition) is 0. The van der Waals surface area contributed by atoms with Crippen LogP contribution in [0.4, 0.5) is 17.6 Å². The molecule has 0 fully saturated rings. The molecule has 6 rings (SSSR count). The minimum absolute atomic E-state index is 0.0260. The van der Waals surface area contributed by atoms with Gasteiger partial charge >= 0.3 is 12.1 Å². The highest BCUT2D eigenvalue weighted by atomic mass is 32.2. The summed E-state index contributed by atoms with van der Waals surface area (Å²) in [6.45, 7) is 1.63. The summed E-state index contributed by atoms with van der Waals surface area (Å²) in [6.07, 6.45) is -4.52. The van der Waals surface area contributed by atoms with E-state index in [2.05, 4.69) is 0 Å². The smallest absolute Gasteiger partial charge is 0.416 e. The van der Waals surface area contributed by atoms with E-state index < -0.39 is 39.5 Å². The number of aromatic nitrogens is 1. The molecule has 0 atom stereocenters. The van der Waals surface area contributed by atoms with Gasteiger partial charge in [-0.3, -0.25) is 4.79 Å². The molecule has 0 saturated carbocycles. The molecule has 0 unspecified atom stereocenters. The quantitative estimate of drug-likeness (QED) is 0.169. The van der Waals surface area contributed by atoms with Crippen LogP contribution >= 0.6 is 0 Å². The number of alkyl halides is 3. The van der Waals surface area contributed by atoms with E-state index in [1.807, 2.05) is 0 Å². The lowest BCUT2D eigenvalue weighted by Gasteiger charge is -2.16. The van der Waals surface area contributed by atoms with Gasteiger partial charge in [0.2, 0.25) is 0 Å². The van der Waals surface area contributed by atoms with E-state index in [0.29, 0.717) is 16.7 Å². The van der Waals surface area contributed by atoms with Crippen molar-refractivity contribution in [2.45, 2.75) is 31.1 Å². The highest BCUT2D eigenvalue weighted by molar-refractivity contribution is 7.90. The fourth-order valence-corrected chi connectivity index (χ4v) is 7.20. The number of methoxy groups -OCH3 is 1. The summed E-state index contributed by atoms with van der Waals surface area (Å²) in [5.74, 6) is -2.11. The van der Waals surface area contributed by atoms with Gasteiger partial charge < -0.3 is 9.64 Å². The lowest BCUT2D eigenvalue weighted by Crippen LogP contribution is -2.23. The van der Waals surface area contributed by atoms with Crippen LogP contribution in [0.5, 0.6) is 0 Å². The van der Waals surface area contributed by atoms with Crippen LogP contribution in [0.2, 0.25) is 0 Å². The Morgan fingerprint density at radius 1 is 1.00 bits per heavy atom. The van der Waals surface area contributed by atoms with E-state index in [0.717, 1.165) is 35.3 Å². The van der Waals surface area contributed by atoms with Crippen molar-refractivity contribution in [2.75, 3.05) is 7.11 Å². The van der Waals surface area contributed by atoms with Gasteiger partial charge in [0.05, 0.1) is 39.7 Å².